The van der Waals surface area contributed by atoms with Gasteiger partial charge in [-0.05, 0) is 52.8 Å². The molecule has 5 atom stereocenters. The highest BCUT2D eigenvalue weighted by atomic mass is 28.4. The molecule has 0 aromatic rings. The van der Waals surface area contributed by atoms with E-state index in [9.17, 15) is 4.79 Å². The first-order chi connectivity index (χ1) is 15.5. The van der Waals surface area contributed by atoms with Gasteiger partial charge in [0.1, 0.15) is 23.9 Å². The normalized spacial score (nSPS) is 32.8. The number of ether oxygens (including phenoxy) is 5. The molecule has 34 heavy (non-hydrogen) atoms. The Morgan fingerprint density at radius 1 is 1.06 bits per heavy atom. The van der Waals surface area contributed by atoms with Gasteiger partial charge in [-0.3, -0.25) is 4.90 Å². The topological polar surface area (TPSA) is 87.7 Å². The van der Waals surface area contributed by atoms with Crippen LogP contribution >= 0.6 is 0 Å². The zero-order valence-electron chi connectivity index (χ0n) is 22.7. The number of hydrogen-bond donors (Lipinski definition) is 1. The monoisotopic (exact) mass is 502 g/mol. The maximum Gasteiger partial charge on any atom is 0.407 e. The van der Waals surface area contributed by atoms with Gasteiger partial charge >= 0.3 is 6.09 Å². The fourth-order valence-electron chi connectivity index (χ4n) is 4.34. The van der Waals surface area contributed by atoms with Crippen molar-refractivity contribution in [3.05, 3.63) is 0 Å². The molecule has 9 nitrogen and oxygen atoms in total. The second-order valence-electron chi connectivity index (χ2n) is 12.5. The Bertz CT molecular complexity index is 713. The molecule has 0 spiro atoms. The van der Waals surface area contributed by atoms with Gasteiger partial charge in [0.05, 0.1) is 19.3 Å². The van der Waals surface area contributed by atoms with E-state index < -0.39 is 38.2 Å². The Hall–Kier alpha value is -0.753. The summed E-state index contributed by atoms with van der Waals surface area (Å²) in [7, 11) is -2.17. The van der Waals surface area contributed by atoms with Crippen molar-refractivity contribution in [2.24, 2.45) is 0 Å². The number of hydrogen-bond acceptors (Lipinski definition) is 8. The SMILES string of the molecule is CC(C)(C)OC(=O)NCC1OC(O[Si](C)(C)C(C)(C)C)[C@@H](N2CCOCC2)C2OC(C)(C)OC12. The maximum absolute atomic E-state index is 12.4. The van der Waals surface area contributed by atoms with Crippen molar-refractivity contribution >= 4 is 14.4 Å². The average Bonchev–Trinajstić information content (AvgIpc) is 2.99. The van der Waals surface area contributed by atoms with Crippen LogP contribution in [0.2, 0.25) is 18.1 Å². The maximum atomic E-state index is 12.4. The van der Waals surface area contributed by atoms with Crippen LogP contribution in [0.15, 0.2) is 0 Å². The van der Waals surface area contributed by atoms with E-state index in [2.05, 4.69) is 44.1 Å². The zero-order valence-corrected chi connectivity index (χ0v) is 23.7. The third-order valence-electron chi connectivity index (χ3n) is 6.99. The molecule has 10 heteroatoms. The van der Waals surface area contributed by atoms with Crippen molar-refractivity contribution in [3.8, 4) is 0 Å². The van der Waals surface area contributed by atoms with Crippen molar-refractivity contribution in [2.75, 3.05) is 32.8 Å². The smallest absolute Gasteiger partial charge is 0.407 e. The fraction of sp³-hybridized carbons (Fsp3) is 0.958. The Morgan fingerprint density at radius 2 is 1.65 bits per heavy atom. The minimum absolute atomic E-state index is 0.0132. The summed E-state index contributed by atoms with van der Waals surface area (Å²) in [5, 5.41) is 2.87. The van der Waals surface area contributed by atoms with Gasteiger partial charge in [0.2, 0.25) is 0 Å². The molecule has 1 N–H and O–H groups in total. The van der Waals surface area contributed by atoms with Crippen LogP contribution in [0.5, 0.6) is 0 Å². The quantitative estimate of drug-likeness (QED) is 0.572. The predicted molar refractivity (Wildman–Crippen MR) is 131 cm³/mol. The summed E-state index contributed by atoms with van der Waals surface area (Å²) in [6.07, 6.45) is -2.04. The molecular formula is C24H46N2O7Si. The first-order valence-electron chi connectivity index (χ1n) is 12.5. The number of alkyl carbamates (subject to hydrolysis) is 1. The van der Waals surface area contributed by atoms with Crippen molar-refractivity contribution in [1.82, 2.24) is 10.2 Å². The first kappa shape index (κ1) is 27.8. The lowest BCUT2D eigenvalue weighted by Gasteiger charge is -2.50. The number of carbonyl (C=O) groups excluding carboxylic acids is 1. The molecule has 3 heterocycles. The van der Waals surface area contributed by atoms with Gasteiger partial charge in [0, 0.05) is 19.6 Å². The van der Waals surface area contributed by atoms with Gasteiger partial charge in [-0.25, -0.2) is 4.79 Å². The number of morpholine rings is 1. The Balaban J connectivity index is 1.87. The Labute approximate surface area is 206 Å². The largest absolute Gasteiger partial charge is 0.444 e. The number of fused-ring (bicyclic) bond motifs is 1. The van der Waals surface area contributed by atoms with Gasteiger partial charge in [0.25, 0.3) is 0 Å². The average molecular weight is 503 g/mol. The first-order valence-corrected chi connectivity index (χ1v) is 15.4. The summed E-state index contributed by atoms with van der Waals surface area (Å²) in [6, 6.07) is -0.137. The zero-order chi connectivity index (χ0) is 25.5. The molecule has 3 aliphatic heterocycles. The summed E-state index contributed by atoms with van der Waals surface area (Å²) < 4.78 is 37.3. The van der Waals surface area contributed by atoms with Crippen LogP contribution in [0.4, 0.5) is 4.79 Å². The Kier molecular flexibility index (Phi) is 8.15. The molecule has 3 aliphatic rings. The van der Waals surface area contributed by atoms with Gasteiger partial charge < -0.3 is 33.4 Å². The fourth-order valence-corrected chi connectivity index (χ4v) is 5.47. The summed E-state index contributed by atoms with van der Waals surface area (Å²) in [5.74, 6) is -0.765. The lowest BCUT2D eigenvalue weighted by atomic mass is 9.95. The van der Waals surface area contributed by atoms with Crippen molar-refractivity contribution in [1.29, 1.82) is 0 Å². The number of nitrogens with one attached hydrogen (secondary N) is 1. The molecule has 3 saturated heterocycles. The molecule has 0 aromatic heterocycles. The van der Waals surface area contributed by atoms with E-state index >= 15 is 0 Å². The highest BCUT2D eigenvalue weighted by molar-refractivity contribution is 6.74. The summed E-state index contributed by atoms with van der Waals surface area (Å²) in [4.78, 5) is 14.7. The third-order valence-corrected chi connectivity index (χ3v) is 11.4. The number of rotatable bonds is 5. The number of nitrogens with zero attached hydrogens (tertiary/aromatic N) is 1. The van der Waals surface area contributed by atoms with Crippen LogP contribution < -0.4 is 5.32 Å². The molecule has 1 amide bonds. The van der Waals surface area contributed by atoms with Gasteiger partial charge in [-0.15, -0.1) is 0 Å². The summed E-state index contributed by atoms with van der Waals surface area (Å²) in [5.41, 5.74) is -0.579. The molecule has 3 fully saturated rings. The van der Waals surface area contributed by atoms with Crippen LogP contribution in [-0.2, 0) is 28.1 Å². The molecule has 198 valence electrons. The van der Waals surface area contributed by atoms with E-state index in [1.807, 2.05) is 34.6 Å². The molecule has 0 bridgehead atoms. The molecule has 4 unspecified atom stereocenters. The van der Waals surface area contributed by atoms with E-state index in [4.69, 9.17) is 28.1 Å². The molecule has 0 aromatic carbocycles. The number of carbonyl (C=O) groups is 1. The standard InChI is InChI=1S/C24H46N2O7Si/c1-22(2,3)32-21(27)25-15-16-18-19(31-24(7,8)30-18)17(26-11-13-28-14-12-26)20(29-16)33-34(9,10)23(4,5)6/h16-20H,11-15H2,1-10H3,(H,25,27)/t16?,17-,18?,19?,20?/m0/s1. The molecule has 0 saturated carbocycles. The van der Waals surface area contributed by atoms with Crippen LogP contribution in [-0.4, -0.2) is 94.2 Å². The van der Waals surface area contributed by atoms with Crippen LogP contribution in [0.3, 0.4) is 0 Å². The highest BCUT2D eigenvalue weighted by Crippen LogP contribution is 2.43. The molecule has 3 rings (SSSR count). The third kappa shape index (κ3) is 6.72. The molecule has 0 aliphatic carbocycles. The van der Waals surface area contributed by atoms with E-state index in [0.29, 0.717) is 13.2 Å². The van der Waals surface area contributed by atoms with Crippen LogP contribution in [0, 0.1) is 0 Å². The van der Waals surface area contributed by atoms with Crippen LogP contribution in [0.1, 0.15) is 55.4 Å². The lowest BCUT2D eigenvalue weighted by Crippen LogP contribution is -2.67. The second kappa shape index (κ2) is 9.95. The van der Waals surface area contributed by atoms with E-state index in [1.165, 1.54) is 0 Å². The minimum atomic E-state index is -2.17. The summed E-state index contributed by atoms with van der Waals surface area (Å²) in [6.45, 7) is 23.6. The highest BCUT2D eigenvalue weighted by Gasteiger charge is 2.58. The van der Waals surface area contributed by atoms with Crippen molar-refractivity contribution in [3.63, 3.8) is 0 Å². The molecule has 0 radical (unpaired) electrons. The van der Waals surface area contributed by atoms with Crippen molar-refractivity contribution < 1.29 is 32.9 Å². The van der Waals surface area contributed by atoms with E-state index in [0.717, 1.165) is 13.1 Å². The summed E-state index contributed by atoms with van der Waals surface area (Å²) >= 11 is 0. The van der Waals surface area contributed by atoms with Gasteiger partial charge in [0.15, 0.2) is 20.4 Å². The molecular weight excluding hydrogens is 456 g/mol. The Morgan fingerprint density at radius 3 is 2.21 bits per heavy atom. The number of amides is 1. The van der Waals surface area contributed by atoms with Crippen LogP contribution in [0.25, 0.3) is 0 Å². The van der Waals surface area contributed by atoms with Crippen molar-refractivity contribution in [2.45, 2.75) is 116 Å². The van der Waals surface area contributed by atoms with E-state index in [1.54, 1.807) is 0 Å². The minimum Gasteiger partial charge on any atom is -0.444 e. The van der Waals surface area contributed by atoms with Gasteiger partial charge in [-0.1, -0.05) is 20.8 Å². The predicted octanol–water partition coefficient (Wildman–Crippen LogP) is 3.48. The lowest BCUT2D eigenvalue weighted by molar-refractivity contribution is -0.239. The second-order valence-corrected chi connectivity index (χ2v) is 17.3. The van der Waals surface area contributed by atoms with Gasteiger partial charge in [-0.2, -0.15) is 0 Å². The van der Waals surface area contributed by atoms with E-state index in [-0.39, 0.29) is 29.8 Å².